The van der Waals surface area contributed by atoms with Gasteiger partial charge in [-0.1, -0.05) is 12.1 Å². The minimum Gasteiger partial charge on any atom is -0.382 e. The average molecular weight is 376 g/mol. The van der Waals surface area contributed by atoms with Gasteiger partial charge in [0.05, 0.1) is 17.4 Å². The molecule has 0 saturated carbocycles. The van der Waals surface area contributed by atoms with Crippen LogP contribution < -0.4 is 10.9 Å². The maximum Gasteiger partial charge on any atom is 0.416 e. The summed E-state index contributed by atoms with van der Waals surface area (Å²) in [5.74, 6) is 0. The number of halogens is 4. The second-order valence-electron chi connectivity index (χ2n) is 4.67. The van der Waals surface area contributed by atoms with E-state index < -0.39 is 11.7 Å². The third-order valence-electron chi connectivity index (χ3n) is 3.09. The first kappa shape index (κ1) is 16.5. The van der Waals surface area contributed by atoms with Gasteiger partial charge in [0.1, 0.15) is 4.47 Å². The number of nitrogens with one attached hydrogen (secondary N) is 1. The fraction of sp³-hybridized carbons (Fsp3) is 0.286. The van der Waals surface area contributed by atoms with Gasteiger partial charge in [-0.05, 0) is 40.0 Å². The van der Waals surface area contributed by atoms with Crippen LogP contribution in [-0.4, -0.2) is 16.3 Å². The zero-order valence-electron chi connectivity index (χ0n) is 11.6. The van der Waals surface area contributed by atoms with Crippen molar-refractivity contribution in [2.24, 2.45) is 7.05 Å². The van der Waals surface area contributed by atoms with Gasteiger partial charge in [-0.3, -0.25) is 4.79 Å². The largest absolute Gasteiger partial charge is 0.416 e. The van der Waals surface area contributed by atoms with E-state index in [9.17, 15) is 18.0 Å². The molecular formula is C14H13BrF3N3O. The molecule has 1 heterocycles. The molecule has 1 aromatic heterocycles. The number of hydrogen-bond donors (Lipinski definition) is 1. The van der Waals surface area contributed by atoms with Gasteiger partial charge in [0.15, 0.2) is 0 Å². The average Bonchev–Trinajstić information content (AvgIpc) is 2.47. The smallest absolute Gasteiger partial charge is 0.382 e. The molecule has 8 heteroatoms. The molecule has 0 saturated heterocycles. The van der Waals surface area contributed by atoms with Crippen LogP contribution in [0.1, 0.15) is 11.1 Å². The molecule has 22 heavy (non-hydrogen) atoms. The normalized spacial score (nSPS) is 11.5. The molecule has 0 bridgehead atoms. The standard InChI is InChI=1S/C14H13BrF3N3O/c1-21-13(22)12(15)11(8-20-21)19-7-6-9-2-4-10(5-3-9)14(16,17)18/h2-5,8,19H,6-7H2,1H3. The Bertz CT molecular complexity index is 711. The lowest BCUT2D eigenvalue weighted by Crippen LogP contribution is -2.21. The number of alkyl halides is 3. The number of anilines is 1. The summed E-state index contributed by atoms with van der Waals surface area (Å²) in [6.07, 6.45) is -2.28. The number of nitrogens with zero attached hydrogens (tertiary/aromatic N) is 2. The van der Waals surface area contributed by atoms with Crippen molar-refractivity contribution in [3.05, 3.63) is 56.4 Å². The van der Waals surface area contributed by atoms with E-state index >= 15 is 0 Å². The monoisotopic (exact) mass is 375 g/mol. The molecule has 118 valence electrons. The molecule has 0 aliphatic carbocycles. The maximum atomic E-state index is 12.5. The van der Waals surface area contributed by atoms with Crippen LogP contribution in [0.3, 0.4) is 0 Å². The molecule has 4 nitrogen and oxygen atoms in total. The number of aryl methyl sites for hydroxylation is 1. The predicted octanol–water partition coefficient (Wildman–Crippen LogP) is 3.22. The fourth-order valence-electron chi connectivity index (χ4n) is 1.84. The minimum atomic E-state index is -4.32. The minimum absolute atomic E-state index is 0.264. The van der Waals surface area contributed by atoms with Gasteiger partial charge in [0, 0.05) is 13.6 Å². The molecule has 0 atom stereocenters. The van der Waals surface area contributed by atoms with Gasteiger partial charge in [0.25, 0.3) is 5.56 Å². The Morgan fingerprint density at radius 3 is 2.50 bits per heavy atom. The van der Waals surface area contributed by atoms with E-state index in [0.29, 0.717) is 23.1 Å². The summed E-state index contributed by atoms with van der Waals surface area (Å²) < 4.78 is 38.9. The summed E-state index contributed by atoms with van der Waals surface area (Å²) in [5, 5.41) is 6.92. The fourth-order valence-corrected chi connectivity index (χ4v) is 2.34. The molecule has 1 N–H and O–H groups in total. The Morgan fingerprint density at radius 1 is 1.27 bits per heavy atom. The Kier molecular flexibility index (Phi) is 4.90. The van der Waals surface area contributed by atoms with Crippen LogP contribution in [0.2, 0.25) is 0 Å². The van der Waals surface area contributed by atoms with Crippen LogP contribution in [0, 0.1) is 0 Å². The number of hydrogen-bond acceptors (Lipinski definition) is 3. The van der Waals surface area contributed by atoms with Gasteiger partial charge >= 0.3 is 6.18 Å². The Morgan fingerprint density at radius 2 is 1.91 bits per heavy atom. The maximum absolute atomic E-state index is 12.5. The van der Waals surface area contributed by atoms with Gasteiger partial charge in [-0.25, -0.2) is 4.68 Å². The second kappa shape index (κ2) is 6.51. The summed E-state index contributed by atoms with van der Waals surface area (Å²) in [5.41, 5.74) is 0.394. The van der Waals surface area contributed by atoms with Crippen LogP contribution in [0.5, 0.6) is 0 Å². The van der Waals surface area contributed by atoms with Crippen LogP contribution >= 0.6 is 15.9 Å². The molecule has 0 aliphatic rings. The molecule has 0 unspecified atom stereocenters. The van der Waals surface area contributed by atoms with Crippen LogP contribution in [0.4, 0.5) is 18.9 Å². The molecular weight excluding hydrogens is 363 g/mol. The third-order valence-corrected chi connectivity index (χ3v) is 3.85. The second-order valence-corrected chi connectivity index (χ2v) is 5.47. The van der Waals surface area contributed by atoms with Crippen molar-refractivity contribution >= 4 is 21.6 Å². The summed E-state index contributed by atoms with van der Waals surface area (Å²) in [7, 11) is 1.54. The van der Waals surface area contributed by atoms with Crippen molar-refractivity contribution in [2.45, 2.75) is 12.6 Å². The highest BCUT2D eigenvalue weighted by Crippen LogP contribution is 2.29. The lowest BCUT2D eigenvalue weighted by Gasteiger charge is -2.10. The van der Waals surface area contributed by atoms with Crippen LogP contribution in [0.15, 0.2) is 39.7 Å². The summed E-state index contributed by atoms with van der Waals surface area (Å²) in [6, 6.07) is 5.01. The lowest BCUT2D eigenvalue weighted by molar-refractivity contribution is -0.137. The molecule has 0 spiro atoms. The van der Waals surface area contributed by atoms with Crippen molar-refractivity contribution in [1.82, 2.24) is 9.78 Å². The first-order valence-corrected chi connectivity index (χ1v) is 7.20. The number of rotatable bonds is 4. The molecule has 0 fully saturated rings. The summed E-state index contributed by atoms with van der Waals surface area (Å²) in [4.78, 5) is 11.7. The van der Waals surface area contributed by atoms with E-state index in [1.807, 2.05) is 0 Å². The number of benzene rings is 1. The van der Waals surface area contributed by atoms with Gasteiger partial charge < -0.3 is 5.32 Å². The van der Waals surface area contributed by atoms with E-state index in [-0.39, 0.29) is 5.56 Å². The van der Waals surface area contributed by atoms with E-state index in [4.69, 9.17) is 0 Å². The van der Waals surface area contributed by atoms with Gasteiger partial charge in [-0.2, -0.15) is 18.3 Å². The van der Waals surface area contributed by atoms with E-state index in [1.54, 1.807) is 7.05 Å². The highest BCUT2D eigenvalue weighted by Gasteiger charge is 2.29. The first-order valence-electron chi connectivity index (χ1n) is 6.41. The Hall–Kier alpha value is -1.83. The zero-order valence-corrected chi connectivity index (χ0v) is 13.2. The zero-order chi connectivity index (χ0) is 16.3. The Labute approximate surface area is 133 Å². The quantitative estimate of drug-likeness (QED) is 0.892. The van der Waals surface area contributed by atoms with E-state index in [0.717, 1.165) is 17.7 Å². The molecule has 1 aromatic carbocycles. The van der Waals surface area contributed by atoms with Crippen molar-refractivity contribution < 1.29 is 13.2 Å². The topological polar surface area (TPSA) is 46.9 Å². The van der Waals surface area contributed by atoms with Crippen molar-refractivity contribution in [3.63, 3.8) is 0 Å². The summed E-state index contributed by atoms with van der Waals surface area (Å²) in [6.45, 7) is 0.471. The SMILES string of the molecule is Cn1ncc(NCCc2ccc(C(F)(F)F)cc2)c(Br)c1=O. The third kappa shape index (κ3) is 3.88. The van der Waals surface area contributed by atoms with E-state index in [1.165, 1.54) is 23.0 Å². The van der Waals surface area contributed by atoms with Crippen molar-refractivity contribution in [1.29, 1.82) is 0 Å². The van der Waals surface area contributed by atoms with Gasteiger partial charge in [-0.15, -0.1) is 0 Å². The van der Waals surface area contributed by atoms with E-state index in [2.05, 4.69) is 26.3 Å². The Balaban J connectivity index is 1.97. The molecule has 0 amide bonds. The highest BCUT2D eigenvalue weighted by atomic mass is 79.9. The van der Waals surface area contributed by atoms with Crippen molar-refractivity contribution in [3.8, 4) is 0 Å². The molecule has 2 rings (SSSR count). The van der Waals surface area contributed by atoms with Crippen LogP contribution in [-0.2, 0) is 19.6 Å². The highest BCUT2D eigenvalue weighted by molar-refractivity contribution is 9.10. The lowest BCUT2D eigenvalue weighted by atomic mass is 10.1. The summed E-state index contributed by atoms with van der Waals surface area (Å²) >= 11 is 3.19. The van der Waals surface area contributed by atoms with Crippen molar-refractivity contribution in [2.75, 3.05) is 11.9 Å². The van der Waals surface area contributed by atoms with Crippen LogP contribution in [0.25, 0.3) is 0 Å². The first-order chi connectivity index (χ1) is 10.3. The molecule has 2 aromatic rings. The molecule has 0 radical (unpaired) electrons. The van der Waals surface area contributed by atoms with Gasteiger partial charge in [0.2, 0.25) is 0 Å². The predicted molar refractivity (Wildman–Crippen MR) is 80.8 cm³/mol. The number of aromatic nitrogens is 2. The molecule has 0 aliphatic heterocycles.